The molecule has 0 aliphatic heterocycles. The molecule has 1 atom stereocenters. The molecule has 0 aromatic carbocycles. The van der Waals surface area contributed by atoms with Crippen LogP contribution in [0.4, 0.5) is 0 Å². The summed E-state index contributed by atoms with van der Waals surface area (Å²) in [6.07, 6.45) is 9.08. The minimum Gasteiger partial charge on any atom is -0.316 e. The van der Waals surface area contributed by atoms with Crippen LogP contribution >= 0.6 is 18.2 Å². The van der Waals surface area contributed by atoms with Crippen molar-refractivity contribution >= 4 is 18.2 Å². The third kappa shape index (κ3) is 15.2. The van der Waals surface area contributed by atoms with Crippen LogP contribution in [0.3, 0.4) is 0 Å². The van der Waals surface area contributed by atoms with E-state index in [-0.39, 0.29) is 19.5 Å². The third-order valence-electron chi connectivity index (χ3n) is 2.50. The van der Waals surface area contributed by atoms with Crippen LogP contribution in [0, 0.1) is 0 Å². The van der Waals surface area contributed by atoms with Gasteiger partial charge in [-0.1, -0.05) is 52.4 Å². The van der Waals surface area contributed by atoms with Gasteiger partial charge in [-0.2, -0.15) is 0 Å². The SMILES string of the molecule is CCCCCCCCSP(=O)(O)OCCCC.[Zn]. The molecule has 0 saturated heterocycles. The summed E-state index contributed by atoms with van der Waals surface area (Å²) in [4.78, 5) is 9.48. The predicted octanol–water partition coefficient (Wildman–Crippen LogP) is 4.99. The molecule has 1 unspecified atom stereocenters. The molecule has 0 radical (unpaired) electrons. The fourth-order valence-electron chi connectivity index (χ4n) is 1.42. The molecule has 0 aliphatic carbocycles. The minimum atomic E-state index is -3.37. The Morgan fingerprint density at radius 3 is 2.17 bits per heavy atom. The smallest absolute Gasteiger partial charge is 0.316 e. The number of hydrogen-bond donors (Lipinski definition) is 1. The maximum atomic E-state index is 11.5. The maximum absolute atomic E-state index is 11.5. The van der Waals surface area contributed by atoms with E-state index in [0.717, 1.165) is 42.8 Å². The summed E-state index contributed by atoms with van der Waals surface area (Å²) in [5.41, 5.74) is 0. The van der Waals surface area contributed by atoms with Crippen molar-refractivity contribution in [1.82, 2.24) is 0 Å². The van der Waals surface area contributed by atoms with E-state index in [2.05, 4.69) is 6.92 Å². The van der Waals surface area contributed by atoms with Gasteiger partial charge in [-0.15, -0.1) is 0 Å². The first-order valence-corrected chi connectivity index (χ1v) is 9.91. The first-order valence-electron chi connectivity index (χ1n) is 6.74. The quantitative estimate of drug-likeness (QED) is 0.307. The minimum absolute atomic E-state index is 0. The Morgan fingerprint density at radius 2 is 1.56 bits per heavy atom. The van der Waals surface area contributed by atoms with Crippen LogP contribution in [-0.4, -0.2) is 17.3 Å². The largest absolute Gasteiger partial charge is 0.386 e. The molecule has 1 N–H and O–H groups in total. The molecule has 0 spiro atoms. The second-order valence-corrected chi connectivity index (χ2v) is 8.28. The van der Waals surface area contributed by atoms with Crippen LogP contribution in [0.15, 0.2) is 0 Å². The van der Waals surface area contributed by atoms with E-state index in [1.54, 1.807) is 0 Å². The van der Waals surface area contributed by atoms with Crippen molar-refractivity contribution in [1.29, 1.82) is 0 Å². The molecule has 106 valence electrons. The van der Waals surface area contributed by atoms with E-state index in [1.807, 2.05) is 6.92 Å². The van der Waals surface area contributed by atoms with Gasteiger partial charge >= 0.3 is 6.80 Å². The molecule has 6 heteroatoms. The topological polar surface area (TPSA) is 46.5 Å². The van der Waals surface area contributed by atoms with Gasteiger partial charge < -0.3 is 9.42 Å². The summed E-state index contributed by atoms with van der Waals surface area (Å²) in [5, 5.41) is 0. The zero-order chi connectivity index (χ0) is 13.0. The zero-order valence-corrected chi connectivity index (χ0v) is 16.6. The molecule has 0 fully saturated rings. The van der Waals surface area contributed by atoms with Gasteiger partial charge in [-0.05, 0) is 24.2 Å². The van der Waals surface area contributed by atoms with Crippen molar-refractivity contribution < 1.29 is 33.5 Å². The van der Waals surface area contributed by atoms with Gasteiger partial charge in [0.05, 0.1) is 6.61 Å². The normalized spacial score (nSPS) is 13.9. The fourth-order valence-corrected chi connectivity index (χ4v) is 3.95. The average Bonchev–Trinajstić information content (AvgIpc) is 2.28. The van der Waals surface area contributed by atoms with Crippen molar-refractivity contribution in [3.63, 3.8) is 0 Å². The molecule has 3 nitrogen and oxygen atoms in total. The van der Waals surface area contributed by atoms with Gasteiger partial charge in [-0.3, -0.25) is 0 Å². The first kappa shape index (κ1) is 21.4. The van der Waals surface area contributed by atoms with E-state index in [0.29, 0.717) is 6.61 Å². The molecule has 0 aromatic rings. The summed E-state index contributed by atoms with van der Waals surface area (Å²) in [6, 6.07) is 0. The molecule has 0 amide bonds. The average molecular weight is 348 g/mol. The monoisotopic (exact) mass is 346 g/mol. The van der Waals surface area contributed by atoms with Gasteiger partial charge in [0, 0.05) is 25.2 Å². The predicted molar refractivity (Wildman–Crippen MR) is 76.5 cm³/mol. The van der Waals surface area contributed by atoms with Gasteiger partial charge in [0.25, 0.3) is 0 Å². The van der Waals surface area contributed by atoms with Crippen molar-refractivity contribution in [2.75, 3.05) is 12.4 Å². The van der Waals surface area contributed by atoms with Crippen LogP contribution in [0.5, 0.6) is 0 Å². The number of hydrogen-bond acceptors (Lipinski definition) is 3. The maximum Gasteiger partial charge on any atom is 0.386 e. The van der Waals surface area contributed by atoms with Crippen LogP contribution < -0.4 is 0 Å². The van der Waals surface area contributed by atoms with E-state index in [4.69, 9.17) is 4.52 Å². The fraction of sp³-hybridized carbons (Fsp3) is 1.00. The molecule has 0 saturated carbocycles. The molecule has 0 rings (SSSR count). The Morgan fingerprint density at radius 1 is 1.00 bits per heavy atom. The standard InChI is InChI=1S/C12H27O3PS.Zn/c1-3-5-7-8-9-10-12-17-16(13,14)15-11-6-4-2;/h3-12H2,1-2H3,(H,13,14);. The summed E-state index contributed by atoms with van der Waals surface area (Å²) >= 11 is 1.08. The van der Waals surface area contributed by atoms with Crippen LogP contribution in [-0.2, 0) is 28.6 Å². The van der Waals surface area contributed by atoms with Gasteiger partial charge in [-0.25, -0.2) is 4.57 Å². The van der Waals surface area contributed by atoms with Crippen molar-refractivity contribution in [3.8, 4) is 0 Å². The van der Waals surface area contributed by atoms with E-state index >= 15 is 0 Å². The van der Waals surface area contributed by atoms with Crippen molar-refractivity contribution in [2.24, 2.45) is 0 Å². The van der Waals surface area contributed by atoms with Gasteiger partial charge in [0.1, 0.15) is 0 Å². The molecular formula is C12H27O3PSZn. The third-order valence-corrected chi connectivity index (χ3v) is 5.65. The summed E-state index contributed by atoms with van der Waals surface area (Å²) in [5.74, 6) is 0.728. The van der Waals surface area contributed by atoms with E-state index < -0.39 is 6.80 Å². The van der Waals surface area contributed by atoms with Crippen LogP contribution in [0.1, 0.15) is 65.2 Å². The zero-order valence-electron chi connectivity index (χ0n) is 11.9. The number of unbranched alkanes of at least 4 members (excludes halogenated alkanes) is 6. The molecule has 0 heterocycles. The summed E-state index contributed by atoms with van der Waals surface area (Å²) < 4.78 is 16.5. The Hall–Kier alpha value is 1.12. The second kappa shape index (κ2) is 14.5. The molecular weight excluding hydrogens is 321 g/mol. The Kier molecular flexibility index (Phi) is 17.3. The van der Waals surface area contributed by atoms with Gasteiger partial charge in [0.15, 0.2) is 0 Å². The van der Waals surface area contributed by atoms with E-state index in [1.165, 1.54) is 25.7 Å². The second-order valence-electron chi connectivity index (χ2n) is 4.26. The summed E-state index contributed by atoms with van der Waals surface area (Å²) in [7, 11) is 0. The Balaban J connectivity index is 0. The van der Waals surface area contributed by atoms with E-state index in [9.17, 15) is 9.46 Å². The Bertz CT molecular complexity index is 217. The molecule has 0 bridgehead atoms. The van der Waals surface area contributed by atoms with Crippen LogP contribution in [0.2, 0.25) is 0 Å². The molecule has 0 aliphatic rings. The van der Waals surface area contributed by atoms with Crippen molar-refractivity contribution in [3.05, 3.63) is 0 Å². The number of rotatable bonds is 12. The molecule has 0 aromatic heterocycles. The summed E-state index contributed by atoms with van der Waals surface area (Å²) in [6.45, 7) is 1.27. The first-order chi connectivity index (χ1) is 8.12. The van der Waals surface area contributed by atoms with Crippen LogP contribution in [0.25, 0.3) is 0 Å². The molecule has 18 heavy (non-hydrogen) atoms. The van der Waals surface area contributed by atoms with Gasteiger partial charge in [0.2, 0.25) is 0 Å². The van der Waals surface area contributed by atoms with Crippen molar-refractivity contribution in [2.45, 2.75) is 65.2 Å². The Labute approximate surface area is 129 Å².